The molecule has 0 spiro atoms. The van der Waals surface area contributed by atoms with E-state index in [2.05, 4.69) is 39.1 Å². The standard InChI is InChI=1S/C24H24BrN3O3/c1-24-22-21(17-5-2-3-6-19(17)26-22)18(15-7-9-16(25)10-8-15)13-28(24)20(30)14-27(23(24)31)11-4-12-29/h2-3,5-10,18,26,29H,4,11-14H2,1H3/t18-,24-/m0/s1. The van der Waals surface area contributed by atoms with Crippen molar-refractivity contribution in [2.45, 2.75) is 24.8 Å². The minimum atomic E-state index is -1.09. The predicted molar refractivity (Wildman–Crippen MR) is 122 cm³/mol. The zero-order valence-electron chi connectivity index (χ0n) is 17.3. The maximum atomic E-state index is 13.7. The molecule has 0 radical (unpaired) electrons. The van der Waals surface area contributed by atoms with Crippen molar-refractivity contribution in [3.8, 4) is 0 Å². The second kappa shape index (κ2) is 7.50. The summed E-state index contributed by atoms with van der Waals surface area (Å²) < 4.78 is 1.000. The lowest BCUT2D eigenvalue weighted by atomic mass is 9.76. The number of fused-ring (bicyclic) bond motifs is 5. The topological polar surface area (TPSA) is 76.6 Å². The van der Waals surface area contributed by atoms with Gasteiger partial charge in [0.15, 0.2) is 5.54 Å². The number of piperazine rings is 1. The van der Waals surface area contributed by atoms with Crippen LogP contribution in [0, 0.1) is 0 Å². The summed E-state index contributed by atoms with van der Waals surface area (Å²) in [5.41, 5.74) is 2.86. The van der Waals surface area contributed by atoms with E-state index in [1.165, 1.54) is 0 Å². The van der Waals surface area contributed by atoms with E-state index in [-0.39, 0.29) is 30.9 Å². The molecule has 2 N–H and O–H groups in total. The number of amides is 2. The molecule has 160 valence electrons. The van der Waals surface area contributed by atoms with E-state index < -0.39 is 5.54 Å². The summed E-state index contributed by atoms with van der Waals surface area (Å²) in [6.45, 7) is 2.71. The van der Waals surface area contributed by atoms with Crippen LogP contribution in [0.1, 0.15) is 36.1 Å². The van der Waals surface area contributed by atoms with E-state index in [4.69, 9.17) is 0 Å². The van der Waals surface area contributed by atoms with Crippen molar-refractivity contribution in [3.05, 3.63) is 69.8 Å². The molecule has 0 aliphatic carbocycles. The van der Waals surface area contributed by atoms with Crippen molar-refractivity contribution in [2.24, 2.45) is 0 Å². The van der Waals surface area contributed by atoms with Crippen molar-refractivity contribution in [1.82, 2.24) is 14.8 Å². The molecule has 5 rings (SSSR count). The molecule has 2 aliphatic rings. The van der Waals surface area contributed by atoms with E-state index in [0.29, 0.717) is 19.5 Å². The third-order valence-electron chi connectivity index (χ3n) is 6.68. The van der Waals surface area contributed by atoms with Gasteiger partial charge in [0.1, 0.15) is 0 Å². The summed E-state index contributed by atoms with van der Waals surface area (Å²) in [6.07, 6.45) is 0.455. The summed E-state index contributed by atoms with van der Waals surface area (Å²) in [4.78, 5) is 33.8. The third-order valence-corrected chi connectivity index (χ3v) is 7.20. The van der Waals surface area contributed by atoms with Gasteiger partial charge in [-0.1, -0.05) is 46.3 Å². The number of aliphatic hydroxyl groups excluding tert-OH is 1. The first-order valence-corrected chi connectivity index (χ1v) is 11.3. The summed E-state index contributed by atoms with van der Waals surface area (Å²) in [5, 5.41) is 10.3. The Balaban J connectivity index is 1.72. The molecule has 0 bridgehead atoms. The Labute approximate surface area is 189 Å². The van der Waals surface area contributed by atoms with Crippen LogP contribution in [-0.4, -0.2) is 57.9 Å². The Morgan fingerprint density at radius 1 is 1.16 bits per heavy atom. The quantitative estimate of drug-likeness (QED) is 0.599. The third kappa shape index (κ3) is 3.02. The van der Waals surface area contributed by atoms with Crippen LogP contribution >= 0.6 is 15.9 Å². The predicted octanol–water partition coefficient (Wildman–Crippen LogP) is 3.34. The van der Waals surface area contributed by atoms with Crippen LogP contribution in [0.2, 0.25) is 0 Å². The highest BCUT2D eigenvalue weighted by Gasteiger charge is 2.56. The second-order valence-electron chi connectivity index (χ2n) is 8.44. The SMILES string of the molecule is C[C@]12C(=O)N(CCCO)CC(=O)N1C[C@@H](c1ccc(Br)cc1)c1c2[nH]c2ccccc12. The van der Waals surface area contributed by atoms with Crippen LogP contribution < -0.4 is 0 Å². The maximum absolute atomic E-state index is 13.7. The Bertz CT molecular complexity index is 1170. The van der Waals surface area contributed by atoms with Crippen molar-refractivity contribution in [3.63, 3.8) is 0 Å². The van der Waals surface area contributed by atoms with Gasteiger partial charge >= 0.3 is 0 Å². The summed E-state index contributed by atoms with van der Waals surface area (Å²) in [7, 11) is 0. The van der Waals surface area contributed by atoms with Gasteiger partial charge in [0.2, 0.25) is 5.91 Å². The minimum absolute atomic E-state index is 0.0122. The molecule has 0 unspecified atom stereocenters. The zero-order valence-corrected chi connectivity index (χ0v) is 18.9. The van der Waals surface area contributed by atoms with Gasteiger partial charge in [-0.25, -0.2) is 0 Å². The Morgan fingerprint density at radius 2 is 1.90 bits per heavy atom. The molecule has 1 fully saturated rings. The van der Waals surface area contributed by atoms with Gasteiger partial charge in [0.05, 0.1) is 12.2 Å². The molecule has 1 saturated heterocycles. The second-order valence-corrected chi connectivity index (χ2v) is 9.36. The first-order chi connectivity index (χ1) is 14.9. The molecule has 6 nitrogen and oxygen atoms in total. The molecule has 2 aromatic carbocycles. The van der Waals surface area contributed by atoms with E-state index >= 15 is 0 Å². The molecule has 3 heterocycles. The fraction of sp³-hybridized carbons (Fsp3) is 0.333. The summed E-state index contributed by atoms with van der Waals surface area (Å²) in [6, 6.07) is 16.2. The maximum Gasteiger partial charge on any atom is 0.254 e. The average molecular weight is 482 g/mol. The smallest absolute Gasteiger partial charge is 0.254 e. The number of benzene rings is 2. The van der Waals surface area contributed by atoms with Crippen molar-refractivity contribution < 1.29 is 14.7 Å². The number of para-hydroxylation sites is 1. The molecule has 7 heteroatoms. The molecule has 3 aromatic rings. The summed E-state index contributed by atoms with van der Waals surface area (Å²) in [5.74, 6) is -0.192. The van der Waals surface area contributed by atoms with E-state index in [0.717, 1.165) is 32.2 Å². The Hall–Kier alpha value is -2.64. The highest BCUT2D eigenvalue weighted by atomic mass is 79.9. The average Bonchev–Trinajstić information content (AvgIpc) is 3.17. The van der Waals surface area contributed by atoms with Crippen molar-refractivity contribution >= 4 is 38.6 Å². The largest absolute Gasteiger partial charge is 0.396 e. The number of aromatic nitrogens is 1. The lowest BCUT2D eigenvalue weighted by molar-refractivity contribution is -0.166. The fourth-order valence-corrected chi connectivity index (χ4v) is 5.38. The Kier molecular flexibility index (Phi) is 4.90. The molecule has 2 aliphatic heterocycles. The van der Waals surface area contributed by atoms with Crippen LogP contribution in [0.5, 0.6) is 0 Å². The van der Waals surface area contributed by atoms with Crippen LogP contribution in [0.3, 0.4) is 0 Å². The highest BCUT2D eigenvalue weighted by Crippen LogP contribution is 2.48. The minimum Gasteiger partial charge on any atom is -0.396 e. The van der Waals surface area contributed by atoms with Gasteiger partial charge in [-0.15, -0.1) is 0 Å². The number of carbonyl (C=O) groups excluding carboxylic acids is 2. The monoisotopic (exact) mass is 481 g/mol. The zero-order chi connectivity index (χ0) is 21.8. The van der Waals surface area contributed by atoms with Gasteiger partial charge in [-0.3, -0.25) is 9.59 Å². The number of nitrogens with zero attached hydrogens (tertiary/aromatic N) is 2. The summed E-state index contributed by atoms with van der Waals surface area (Å²) >= 11 is 3.50. The van der Waals surface area contributed by atoms with Gasteiger partial charge < -0.3 is 19.9 Å². The van der Waals surface area contributed by atoms with E-state index in [9.17, 15) is 14.7 Å². The van der Waals surface area contributed by atoms with Crippen molar-refractivity contribution in [1.29, 1.82) is 0 Å². The first-order valence-electron chi connectivity index (χ1n) is 10.5. The molecular formula is C24H24BrN3O3. The molecule has 2 atom stereocenters. The van der Waals surface area contributed by atoms with Gasteiger partial charge in [-0.05, 0) is 42.7 Å². The van der Waals surface area contributed by atoms with Gasteiger partial charge in [0, 0.05) is 41.0 Å². The normalized spacial score (nSPS) is 23.3. The highest BCUT2D eigenvalue weighted by molar-refractivity contribution is 9.10. The van der Waals surface area contributed by atoms with Crippen molar-refractivity contribution in [2.75, 3.05) is 26.2 Å². The van der Waals surface area contributed by atoms with E-state index in [1.807, 2.05) is 37.3 Å². The van der Waals surface area contributed by atoms with Crippen LogP contribution in [0.15, 0.2) is 53.0 Å². The van der Waals surface area contributed by atoms with E-state index in [1.54, 1.807) is 9.80 Å². The van der Waals surface area contributed by atoms with Crippen LogP contribution in [0.25, 0.3) is 10.9 Å². The number of rotatable bonds is 4. The molecule has 31 heavy (non-hydrogen) atoms. The van der Waals surface area contributed by atoms with Crippen LogP contribution in [-0.2, 0) is 15.1 Å². The number of aromatic amines is 1. The number of H-pyrrole nitrogens is 1. The molecule has 2 amide bonds. The van der Waals surface area contributed by atoms with Gasteiger partial charge in [-0.2, -0.15) is 0 Å². The van der Waals surface area contributed by atoms with Crippen LogP contribution in [0.4, 0.5) is 0 Å². The van der Waals surface area contributed by atoms with Gasteiger partial charge in [0.25, 0.3) is 5.91 Å². The Morgan fingerprint density at radius 3 is 2.65 bits per heavy atom. The molecule has 0 saturated carbocycles. The lowest BCUT2D eigenvalue weighted by Crippen LogP contribution is -2.67. The molecule has 1 aromatic heterocycles. The number of hydrogen-bond acceptors (Lipinski definition) is 3. The lowest BCUT2D eigenvalue weighted by Gasteiger charge is -2.51. The number of halogens is 1. The number of hydrogen-bond donors (Lipinski definition) is 2. The number of nitrogens with one attached hydrogen (secondary N) is 1. The first kappa shape index (κ1) is 20.3. The molecular weight excluding hydrogens is 458 g/mol. The fourth-order valence-electron chi connectivity index (χ4n) is 5.11. The number of carbonyl (C=O) groups is 2. The number of aliphatic hydroxyl groups is 1.